The van der Waals surface area contributed by atoms with Crippen molar-refractivity contribution in [2.45, 2.75) is 6.92 Å². The molecule has 0 amide bonds. The molecule has 0 saturated heterocycles. The topological polar surface area (TPSA) is 39.2 Å². The lowest BCUT2D eigenvalue weighted by atomic mass is 10.3. The molecule has 2 heteroatoms. The van der Waals surface area contributed by atoms with Gasteiger partial charge < -0.3 is 10.2 Å². The minimum atomic E-state index is 0.722. The van der Waals surface area contributed by atoms with E-state index in [-0.39, 0.29) is 0 Å². The van der Waals surface area contributed by atoms with E-state index in [2.05, 4.69) is 0 Å². The molecule has 0 aliphatic heterocycles. The second-order valence-electron chi connectivity index (χ2n) is 1.51. The summed E-state index contributed by atoms with van der Waals surface area (Å²) in [6.07, 6.45) is 3.14. The molecule has 0 spiro atoms. The lowest BCUT2D eigenvalue weighted by Crippen LogP contribution is -1.80. The SMILES string of the molecule is Cc1cocc1N. The highest BCUT2D eigenvalue weighted by Gasteiger charge is 1.89. The average molecular weight is 97.1 g/mol. The monoisotopic (exact) mass is 97.1 g/mol. The molecule has 1 aromatic rings. The van der Waals surface area contributed by atoms with Crippen LogP contribution in [0.15, 0.2) is 16.9 Å². The van der Waals surface area contributed by atoms with Crippen molar-refractivity contribution in [1.29, 1.82) is 0 Å². The molecule has 0 unspecified atom stereocenters. The maximum atomic E-state index is 5.35. The van der Waals surface area contributed by atoms with Crippen molar-refractivity contribution >= 4 is 5.69 Å². The molecular formula is C5H7NO. The minimum Gasteiger partial charge on any atom is -0.470 e. The van der Waals surface area contributed by atoms with Crippen LogP contribution in [0.3, 0.4) is 0 Å². The summed E-state index contributed by atoms with van der Waals surface area (Å²) in [5.41, 5.74) is 7.07. The number of aryl methyl sites for hydroxylation is 1. The Morgan fingerprint density at radius 1 is 1.57 bits per heavy atom. The van der Waals surface area contributed by atoms with E-state index in [4.69, 9.17) is 10.2 Å². The van der Waals surface area contributed by atoms with E-state index in [0.717, 1.165) is 11.3 Å². The van der Waals surface area contributed by atoms with Gasteiger partial charge in [-0.15, -0.1) is 0 Å². The first-order valence-corrected chi connectivity index (χ1v) is 2.09. The summed E-state index contributed by atoms with van der Waals surface area (Å²) in [6, 6.07) is 0. The molecule has 1 rings (SSSR count). The molecule has 0 fully saturated rings. The van der Waals surface area contributed by atoms with Crippen molar-refractivity contribution < 1.29 is 4.42 Å². The van der Waals surface area contributed by atoms with Crippen LogP contribution < -0.4 is 5.73 Å². The van der Waals surface area contributed by atoms with E-state index in [1.165, 1.54) is 6.26 Å². The first kappa shape index (κ1) is 4.24. The number of hydrogen-bond donors (Lipinski definition) is 1. The zero-order valence-corrected chi connectivity index (χ0v) is 4.14. The van der Waals surface area contributed by atoms with Crippen LogP contribution in [0.2, 0.25) is 0 Å². The lowest BCUT2D eigenvalue weighted by molar-refractivity contribution is 0.566. The Morgan fingerprint density at radius 2 is 2.29 bits per heavy atom. The van der Waals surface area contributed by atoms with Crippen LogP contribution in [-0.2, 0) is 0 Å². The van der Waals surface area contributed by atoms with E-state index >= 15 is 0 Å². The van der Waals surface area contributed by atoms with Gasteiger partial charge in [-0.05, 0) is 6.92 Å². The molecule has 2 nitrogen and oxygen atoms in total. The Morgan fingerprint density at radius 3 is 2.43 bits per heavy atom. The van der Waals surface area contributed by atoms with E-state index in [0.29, 0.717) is 0 Å². The van der Waals surface area contributed by atoms with Crippen molar-refractivity contribution in [3.05, 3.63) is 18.1 Å². The zero-order valence-electron chi connectivity index (χ0n) is 4.14. The van der Waals surface area contributed by atoms with Crippen LogP contribution in [-0.4, -0.2) is 0 Å². The summed E-state index contributed by atoms with van der Waals surface area (Å²) in [5, 5.41) is 0. The standard InChI is InChI=1S/C5H7NO/c1-4-2-7-3-5(4)6/h2-3H,6H2,1H3. The number of nitrogen functional groups attached to an aromatic ring is 1. The molecule has 2 N–H and O–H groups in total. The van der Waals surface area contributed by atoms with Gasteiger partial charge in [-0.25, -0.2) is 0 Å². The number of anilines is 1. The molecule has 0 atom stereocenters. The Kier molecular flexibility index (Phi) is 0.785. The van der Waals surface area contributed by atoms with Crippen LogP contribution in [0.4, 0.5) is 5.69 Å². The van der Waals surface area contributed by atoms with Crippen molar-refractivity contribution in [2.24, 2.45) is 0 Å². The quantitative estimate of drug-likeness (QED) is 0.527. The van der Waals surface area contributed by atoms with E-state index < -0.39 is 0 Å². The second kappa shape index (κ2) is 1.30. The van der Waals surface area contributed by atoms with Crippen LogP contribution in [0.5, 0.6) is 0 Å². The molecule has 0 aromatic carbocycles. The molecule has 0 radical (unpaired) electrons. The molecule has 0 aliphatic rings. The van der Waals surface area contributed by atoms with Crippen molar-refractivity contribution in [3.63, 3.8) is 0 Å². The van der Waals surface area contributed by atoms with Gasteiger partial charge in [0.1, 0.15) is 6.26 Å². The third-order valence-corrected chi connectivity index (χ3v) is 0.895. The average Bonchev–Trinajstić information content (AvgIpc) is 1.91. The number of hydrogen-bond acceptors (Lipinski definition) is 2. The molecule has 7 heavy (non-hydrogen) atoms. The lowest BCUT2D eigenvalue weighted by Gasteiger charge is -1.78. The largest absolute Gasteiger partial charge is 0.470 e. The van der Waals surface area contributed by atoms with Gasteiger partial charge in [0.2, 0.25) is 0 Å². The van der Waals surface area contributed by atoms with Crippen molar-refractivity contribution in [3.8, 4) is 0 Å². The van der Waals surface area contributed by atoms with Crippen LogP contribution in [0, 0.1) is 6.92 Å². The van der Waals surface area contributed by atoms with Crippen LogP contribution in [0.1, 0.15) is 5.56 Å². The Bertz CT molecular complexity index is 140. The third-order valence-electron chi connectivity index (χ3n) is 0.895. The summed E-state index contributed by atoms with van der Waals surface area (Å²) < 4.78 is 4.72. The summed E-state index contributed by atoms with van der Waals surface area (Å²) in [4.78, 5) is 0. The fourth-order valence-electron chi connectivity index (χ4n) is 0.370. The Hall–Kier alpha value is -0.920. The Balaban J connectivity index is 3.12. The number of rotatable bonds is 0. The smallest absolute Gasteiger partial charge is 0.113 e. The molecule has 1 heterocycles. The van der Waals surface area contributed by atoms with Gasteiger partial charge in [0.15, 0.2) is 0 Å². The molecule has 0 saturated carbocycles. The van der Waals surface area contributed by atoms with Gasteiger partial charge in [0, 0.05) is 5.56 Å². The minimum absolute atomic E-state index is 0.722. The maximum absolute atomic E-state index is 5.35. The highest BCUT2D eigenvalue weighted by Crippen LogP contribution is 2.08. The first-order valence-electron chi connectivity index (χ1n) is 2.09. The zero-order chi connectivity index (χ0) is 5.28. The van der Waals surface area contributed by atoms with Crippen molar-refractivity contribution in [2.75, 3.05) is 5.73 Å². The highest BCUT2D eigenvalue weighted by atomic mass is 16.3. The second-order valence-corrected chi connectivity index (χ2v) is 1.51. The van der Waals surface area contributed by atoms with E-state index in [9.17, 15) is 0 Å². The molecule has 0 bridgehead atoms. The van der Waals surface area contributed by atoms with Gasteiger partial charge >= 0.3 is 0 Å². The predicted octanol–water partition coefficient (Wildman–Crippen LogP) is 1.17. The highest BCUT2D eigenvalue weighted by molar-refractivity contribution is 5.41. The van der Waals surface area contributed by atoms with Gasteiger partial charge in [-0.3, -0.25) is 0 Å². The molecular weight excluding hydrogens is 90.1 g/mol. The molecule has 0 aliphatic carbocycles. The molecule has 38 valence electrons. The summed E-state index contributed by atoms with van der Waals surface area (Å²) >= 11 is 0. The van der Waals surface area contributed by atoms with Gasteiger partial charge in [0.05, 0.1) is 12.0 Å². The van der Waals surface area contributed by atoms with Gasteiger partial charge in [-0.2, -0.15) is 0 Å². The van der Waals surface area contributed by atoms with Crippen molar-refractivity contribution in [1.82, 2.24) is 0 Å². The van der Waals surface area contributed by atoms with Crippen LogP contribution in [0.25, 0.3) is 0 Å². The maximum Gasteiger partial charge on any atom is 0.113 e. The van der Waals surface area contributed by atoms with E-state index in [1.807, 2.05) is 6.92 Å². The Labute approximate surface area is 41.9 Å². The summed E-state index contributed by atoms with van der Waals surface area (Å²) in [7, 11) is 0. The fraction of sp³-hybridized carbons (Fsp3) is 0.200. The molecule has 1 aromatic heterocycles. The number of furan rings is 1. The predicted molar refractivity (Wildman–Crippen MR) is 27.9 cm³/mol. The fourth-order valence-corrected chi connectivity index (χ4v) is 0.370. The third kappa shape index (κ3) is 0.585. The van der Waals surface area contributed by atoms with Crippen LogP contribution >= 0.6 is 0 Å². The van der Waals surface area contributed by atoms with Gasteiger partial charge in [-0.1, -0.05) is 0 Å². The van der Waals surface area contributed by atoms with E-state index in [1.54, 1.807) is 6.26 Å². The normalized spacial score (nSPS) is 9.29. The summed E-state index contributed by atoms with van der Waals surface area (Å²) in [6.45, 7) is 1.90. The summed E-state index contributed by atoms with van der Waals surface area (Å²) in [5.74, 6) is 0. The van der Waals surface area contributed by atoms with Gasteiger partial charge in [0.25, 0.3) is 0 Å². The first-order chi connectivity index (χ1) is 3.30. The number of nitrogens with two attached hydrogens (primary N) is 1.